The molecule has 0 saturated heterocycles. The summed E-state index contributed by atoms with van der Waals surface area (Å²) in [5.74, 6) is 0.306. The quantitative estimate of drug-likeness (QED) is 0.871. The second-order valence-electron chi connectivity index (χ2n) is 6.18. The maximum atomic E-state index is 12.0. The van der Waals surface area contributed by atoms with Crippen molar-refractivity contribution in [2.75, 3.05) is 5.32 Å². The van der Waals surface area contributed by atoms with Gasteiger partial charge in [0.1, 0.15) is 0 Å². The molecular formula is C15H21ClN2O. The van der Waals surface area contributed by atoms with Gasteiger partial charge in [-0.05, 0) is 49.4 Å². The van der Waals surface area contributed by atoms with E-state index in [9.17, 15) is 4.79 Å². The van der Waals surface area contributed by atoms with Crippen LogP contribution in [0.2, 0.25) is 5.02 Å². The van der Waals surface area contributed by atoms with E-state index >= 15 is 0 Å². The van der Waals surface area contributed by atoms with E-state index in [2.05, 4.69) is 19.2 Å². The van der Waals surface area contributed by atoms with Gasteiger partial charge in [0.2, 0.25) is 5.91 Å². The van der Waals surface area contributed by atoms with Crippen molar-refractivity contribution in [3.8, 4) is 0 Å². The maximum Gasteiger partial charge on any atom is 0.234 e. The fourth-order valence-corrected chi connectivity index (χ4v) is 2.74. The molecule has 1 heterocycles. The number of nitrogens with one attached hydrogen (secondary N) is 1. The van der Waals surface area contributed by atoms with E-state index in [4.69, 9.17) is 17.3 Å². The van der Waals surface area contributed by atoms with Crippen LogP contribution in [0.1, 0.15) is 50.4 Å². The first kappa shape index (κ1) is 14.4. The first-order valence-corrected chi connectivity index (χ1v) is 6.96. The average Bonchev–Trinajstić information content (AvgIpc) is 2.55. The van der Waals surface area contributed by atoms with Crippen LogP contribution >= 0.6 is 11.6 Å². The van der Waals surface area contributed by atoms with Gasteiger partial charge in [-0.25, -0.2) is 0 Å². The third kappa shape index (κ3) is 2.05. The van der Waals surface area contributed by atoms with Crippen molar-refractivity contribution in [3.05, 3.63) is 27.8 Å². The molecule has 0 aliphatic carbocycles. The Hall–Kier alpha value is -1.06. The van der Waals surface area contributed by atoms with Crippen LogP contribution in [0.25, 0.3) is 0 Å². The minimum atomic E-state index is -0.532. The molecule has 2 rings (SSSR count). The van der Waals surface area contributed by atoms with Crippen LogP contribution in [0, 0.1) is 12.8 Å². The van der Waals surface area contributed by atoms with Gasteiger partial charge in [0, 0.05) is 11.7 Å². The average molecular weight is 281 g/mol. The monoisotopic (exact) mass is 280 g/mol. The van der Waals surface area contributed by atoms with E-state index in [-0.39, 0.29) is 11.9 Å². The minimum Gasteiger partial charge on any atom is -0.325 e. The third-order valence-corrected chi connectivity index (χ3v) is 4.59. The van der Waals surface area contributed by atoms with Gasteiger partial charge in [0.05, 0.1) is 10.4 Å². The fraction of sp³-hybridized carbons (Fsp3) is 0.533. The number of amides is 1. The van der Waals surface area contributed by atoms with Crippen LogP contribution in [0.4, 0.5) is 5.69 Å². The molecule has 0 fully saturated rings. The van der Waals surface area contributed by atoms with Gasteiger partial charge in [-0.1, -0.05) is 25.4 Å². The first-order valence-electron chi connectivity index (χ1n) is 6.58. The molecule has 3 N–H and O–H groups in total. The van der Waals surface area contributed by atoms with Crippen molar-refractivity contribution in [3.63, 3.8) is 0 Å². The molecule has 3 nitrogen and oxygen atoms in total. The zero-order chi connectivity index (χ0) is 14.5. The highest BCUT2D eigenvalue weighted by molar-refractivity contribution is 6.33. The predicted molar refractivity (Wildman–Crippen MR) is 79.6 cm³/mol. The molecule has 19 heavy (non-hydrogen) atoms. The second kappa shape index (κ2) is 4.50. The van der Waals surface area contributed by atoms with E-state index in [0.29, 0.717) is 10.9 Å². The number of rotatable bonds is 2. The number of benzene rings is 1. The molecule has 1 aliphatic rings. The van der Waals surface area contributed by atoms with Crippen LogP contribution in [0.15, 0.2) is 6.07 Å². The van der Waals surface area contributed by atoms with E-state index < -0.39 is 5.41 Å². The van der Waals surface area contributed by atoms with Crippen LogP contribution in [-0.2, 0) is 10.2 Å². The van der Waals surface area contributed by atoms with E-state index in [1.807, 2.05) is 26.8 Å². The van der Waals surface area contributed by atoms with Gasteiger partial charge in [-0.15, -0.1) is 0 Å². The summed E-state index contributed by atoms with van der Waals surface area (Å²) in [7, 11) is 0. The zero-order valence-corrected chi connectivity index (χ0v) is 12.9. The molecule has 1 aliphatic heterocycles. The van der Waals surface area contributed by atoms with Crippen LogP contribution in [0.3, 0.4) is 0 Å². The molecule has 1 amide bonds. The summed E-state index contributed by atoms with van der Waals surface area (Å²) in [4.78, 5) is 12.0. The Kier molecular flexibility index (Phi) is 3.40. The third-order valence-electron chi connectivity index (χ3n) is 4.08. The highest BCUT2D eigenvalue weighted by atomic mass is 35.5. The van der Waals surface area contributed by atoms with Crippen molar-refractivity contribution in [2.45, 2.75) is 46.1 Å². The largest absolute Gasteiger partial charge is 0.325 e. The molecule has 4 heteroatoms. The fourth-order valence-electron chi connectivity index (χ4n) is 2.47. The molecular weight excluding hydrogens is 260 g/mol. The number of fused-ring (bicyclic) bond motifs is 1. The number of carbonyl (C=O) groups excluding carboxylic acids is 1. The SMILES string of the molecule is Cc1c(Cl)c(C(N)C(C)C)cc2c1NC(=O)C2(C)C. The van der Waals surface area contributed by atoms with E-state index in [0.717, 1.165) is 22.4 Å². The number of carbonyl (C=O) groups is 1. The summed E-state index contributed by atoms with van der Waals surface area (Å²) in [6.45, 7) is 9.91. The van der Waals surface area contributed by atoms with Crippen LogP contribution in [0.5, 0.6) is 0 Å². The molecule has 0 spiro atoms. The van der Waals surface area contributed by atoms with E-state index in [1.54, 1.807) is 0 Å². The summed E-state index contributed by atoms with van der Waals surface area (Å²) in [6, 6.07) is 1.87. The number of anilines is 1. The standard InChI is InChI=1S/C15H21ClN2O/c1-7(2)12(17)9-6-10-13(8(3)11(9)16)18-14(19)15(10,4)5/h6-7,12H,17H2,1-5H3,(H,18,19). The molecule has 0 aromatic heterocycles. The Bertz CT molecular complexity index is 550. The maximum absolute atomic E-state index is 12.0. The van der Waals surface area contributed by atoms with Crippen LogP contribution in [-0.4, -0.2) is 5.91 Å². The van der Waals surface area contributed by atoms with Gasteiger partial charge in [0.25, 0.3) is 0 Å². The normalized spacial score (nSPS) is 18.4. The highest BCUT2D eigenvalue weighted by Gasteiger charge is 2.40. The number of hydrogen-bond acceptors (Lipinski definition) is 2. The molecule has 1 atom stereocenters. The molecule has 0 bridgehead atoms. The van der Waals surface area contributed by atoms with Crippen LogP contribution < -0.4 is 11.1 Å². The summed E-state index contributed by atoms with van der Waals surface area (Å²) >= 11 is 6.43. The summed E-state index contributed by atoms with van der Waals surface area (Å²) in [5, 5.41) is 3.59. The highest BCUT2D eigenvalue weighted by Crippen LogP contribution is 2.44. The Morgan fingerprint density at radius 3 is 2.47 bits per heavy atom. The molecule has 104 valence electrons. The van der Waals surface area contributed by atoms with E-state index in [1.165, 1.54) is 0 Å². The molecule has 1 aromatic rings. The summed E-state index contributed by atoms with van der Waals surface area (Å²) in [6.07, 6.45) is 0. The lowest BCUT2D eigenvalue weighted by Gasteiger charge is -2.23. The van der Waals surface area contributed by atoms with Gasteiger partial charge in [0.15, 0.2) is 0 Å². The lowest BCUT2D eigenvalue weighted by atomic mass is 9.82. The lowest BCUT2D eigenvalue weighted by Crippen LogP contribution is -2.27. The van der Waals surface area contributed by atoms with Crippen molar-refractivity contribution in [2.24, 2.45) is 11.7 Å². The summed E-state index contributed by atoms with van der Waals surface area (Å²) in [5.41, 5.74) is 9.38. The summed E-state index contributed by atoms with van der Waals surface area (Å²) < 4.78 is 0. The van der Waals surface area contributed by atoms with Gasteiger partial charge < -0.3 is 11.1 Å². The number of halogens is 1. The number of nitrogens with two attached hydrogens (primary N) is 1. The zero-order valence-electron chi connectivity index (χ0n) is 12.1. The van der Waals surface area contributed by atoms with Crippen molar-refractivity contribution >= 4 is 23.2 Å². The van der Waals surface area contributed by atoms with Crippen molar-refractivity contribution < 1.29 is 4.79 Å². The smallest absolute Gasteiger partial charge is 0.234 e. The Morgan fingerprint density at radius 1 is 1.37 bits per heavy atom. The number of hydrogen-bond donors (Lipinski definition) is 2. The Labute approximate surface area is 119 Å². The molecule has 1 unspecified atom stereocenters. The molecule has 0 saturated carbocycles. The lowest BCUT2D eigenvalue weighted by molar-refractivity contribution is -0.119. The second-order valence-corrected chi connectivity index (χ2v) is 6.55. The minimum absolute atomic E-state index is 0.0111. The van der Waals surface area contributed by atoms with Gasteiger partial charge in [-0.2, -0.15) is 0 Å². The molecule has 0 radical (unpaired) electrons. The van der Waals surface area contributed by atoms with Gasteiger partial charge >= 0.3 is 0 Å². The Balaban J connectivity index is 2.67. The van der Waals surface area contributed by atoms with Gasteiger partial charge in [-0.3, -0.25) is 4.79 Å². The Morgan fingerprint density at radius 2 is 1.95 bits per heavy atom. The topological polar surface area (TPSA) is 55.1 Å². The van der Waals surface area contributed by atoms with Crippen molar-refractivity contribution in [1.29, 1.82) is 0 Å². The predicted octanol–water partition coefficient (Wildman–Crippen LogP) is 3.53. The molecule has 1 aromatic carbocycles. The van der Waals surface area contributed by atoms with Crippen molar-refractivity contribution in [1.82, 2.24) is 0 Å². The first-order chi connectivity index (χ1) is 8.67.